The lowest BCUT2D eigenvalue weighted by molar-refractivity contribution is 0.0942. The topological polar surface area (TPSA) is 32.3 Å². The van der Waals surface area contributed by atoms with E-state index in [0.29, 0.717) is 6.54 Å². The third-order valence-electron chi connectivity index (χ3n) is 3.05. The Balaban J connectivity index is 2.01. The Morgan fingerprint density at radius 1 is 1.26 bits per heavy atom. The molecule has 0 aliphatic carbocycles. The molecular weight excluding hydrogens is 256 g/mol. The van der Waals surface area contributed by atoms with Gasteiger partial charge in [0.15, 0.2) is 0 Å². The Bertz CT molecular complexity index is 508. The summed E-state index contributed by atoms with van der Waals surface area (Å²) in [5.41, 5.74) is 1.94. The number of benzene rings is 1. The van der Waals surface area contributed by atoms with E-state index >= 15 is 0 Å². The van der Waals surface area contributed by atoms with E-state index in [9.17, 15) is 4.79 Å². The molecule has 1 heterocycles. The third-order valence-corrected chi connectivity index (χ3v) is 3.73. The molecule has 0 unspecified atom stereocenters. The SMILES string of the molecule is CN(C)[C@@H](CNC(=O)c1ccsc1)c1ccccc1. The molecule has 2 aromatic rings. The van der Waals surface area contributed by atoms with E-state index in [2.05, 4.69) is 22.3 Å². The van der Waals surface area contributed by atoms with Gasteiger partial charge in [-0.2, -0.15) is 11.3 Å². The average molecular weight is 274 g/mol. The zero-order valence-electron chi connectivity index (χ0n) is 11.2. The van der Waals surface area contributed by atoms with Crippen LogP contribution in [0.2, 0.25) is 0 Å². The van der Waals surface area contributed by atoms with Gasteiger partial charge in [0, 0.05) is 17.5 Å². The van der Waals surface area contributed by atoms with Crippen molar-refractivity contribution in [1.29, 1.82) is 0 Å². The fraction of sp³-hybridized carbons (Fsp3) is 0.267. The minimum Gasteiger partial charge on any atom is -0.350 e. The maximum absolute atomic E-state index is 11.9. The zero-order valence-corrected chi connectivity index (χ0v) is 12.0. The second-order valence-electron chi connectivity index (χ2n) is 4.61. The molecule has 0 bridgehead atoms. The van der Waals surface area contributed by atoms with Gasteiger partial charge in [-0.1, -0.05) is 30.3 Å². The highest BCUT2D eigenvalue weighted by Gasteiger charge is 2.15. The van der Waals surface area contributed by atoms with Gasteiger partial charge >= 0.3 is 0 Å². The summed E-state index contributed by atoms with van der Waals surface area (Å²) in [6, 6.07) is 12.2. The Morgan fingerprint density at radius 3 is 2.58 bits per heavy atom. The molecule has 0 saturated heterocycles. The number of carbonyl (C=O) groups excluding carboxylic acids is 1. The van der Waals surface area contributed by atoms with Crippen molar-refractivity contribution in [3.8, 4) is 0 Å². The monoisotopic (exact) mass is 274 g/mol. The van der Waals surface area contributed by atoms with Crippen LogP contribution in [-0.4, -0.2) is 31.4 Å². The fourth-order valence-electron chi connectivity index (χ4n) is 1.96. The predicted octanol–water partition coefficient (Wildman–Crippen LogP) is 2.78. The molecule has 3 nitrogen and oxygen atoms in total. The van der Waals surface area contributed by atoms with Gasteiger partial charge in [0.1, 0.15) is 0 Å². The number of hydrogen-bond donors (Lipinski definition) is 1. The van der Waals surface area contributed by atoms with E-state index in [4.69, 9.17) is 0 Å². The molecule has 19 heavy (non-hydrogen) atoms. The largest absolute Gasteiger partial charge is 0.350 e. The summed E-state index contributed by atoms with van der Waals surface area (Å²) >= 11 is 1.53. The maximum atomic E-state index is 11.9. The highest BCUT2D eigenvalue weighted by Crippen LogP contribution is 2.17. The summed E-state index contributed by atoms with van der Waals surface area (Å²) in [5, 5.41) is 6.77. The van der Waals surface area contributed by atoms with Crippen molar-refractivity contribution in [1.82, 2.24) is 10.2 Å². The number of nitrogens with one attached hydrogen (secondary N) is 1. The molecule has 0 aliphatic heterocycles. The van der Waals surface area contributed by atoms with Crippen molar-refractivity contribution in [2.45, 2.75) is 6.04 Å². The van der Waals surface area contributed by atoms with Gasteiger partial charge in [0.05, 0.1) is 6.04 Å². The van der Waals surface area contributed by atoms with Crippen LogP contribution in [0.3, 0.4) is 0 Å². The van der Waals surface area contributed by atoms with Gasteiger partial charge < -0.3 is 10.2 Å². The molecule has 1 aromatic heterocycles. The van der Waals surface area contributed by atoms with Crippen LogP contribution in [0.4, 0.5) is 0 Å². The molecule has 0 saturated carbocycles. The average Bonchev–Trinajstić information content (AvgIpc) is 2.93. The molecule has 100 valence electrons. The maximum Gasteiger partial charge on any atom is 0.252 e. The van der Waals surface area contributed by atoms with E-state index < -0.39 is 0 Å². The van der Waals surface area contributed by atoms with Crippen molar-refractivity contribution in [2.75, 3.05) is 20.6 Å². The van der Waals surface area contributed by atoms with E-state index in [-0.39, 0.29) is 11.9 Å². The fourth-order valence-corrected chi connectivity index (χ4v) is 2.59. The molecule has 4 heteroatoms. The third kappa shape index (κ3) is 3.66. The highest BCUT2D eigenvalue weighted by molar-refractivity contribution is 7.08. The lowest BCUT2D eigenvalue weighted by atomic mass is 10.1. The van der Waals surface area contributed by atoms with Gasteiger partial charge in [-0.05, 0) is 31.1 Å². The Hall–Kier alpha value is -1.65. The smallest absolute Gasteiger partial charge is 0.252 e. The van der Waals surface area contributed by atoms with Crippen molar-refractivity contribution in [3.63, 3.8) is 0 Å². The van der Waals surface area contributed by atoms with Crippen LogP contribution in [0.1, 0.15) is 22.0 Å². The minimum absolute atomic E-state index is 0.0102. The lowest BCUT2D eigenvalue weighted by Gasteiger charge is -2.25. The number of thiophene rings is 1. The summed E-state index contributed by atoms with van der Waals surface area (Å²) in [7, 11) is 4.04. The minimum atomic E-state index is -0.0102. The first-order chi connectivity index (χ1) is 9.18. The lowest BCUT2D eigenvalue weighted by Crippen LogP contribution is -2.34. The zero-order chi connectivity index (χ0) is 13.7. The van der Waals surface area contributed by atoms with Gasteiger partial charge in [-0.15, -0.1) is 0 Å². The molecular formula is C15H18N2OS. The molecule has 0 aliphatic rings. The van der Waals surface area contributed by atoms with Gasteiger partial charge in [-0.3, -0.25) is 4.79 Å². The normalized spacial score (nSPS) is 12.4. The van der Waals surface area contributed by atoms with Crippen LogP contribution in [0.25, 0.3) is 0 Å². The summed E-state index contributed by atoms with van der Waals surface area (Å²) in [5.74, 6) is -0.0102. The summed E-state index contributed by atoms with van der Waals surface area (Å²) in [6.07, 6.45) is 0. The molecule has 1 amide bonds. The van der Waals surface area contributed by atoms with Crippen molar-refractivity contribution < 1.29 is 4.79 Å². The summed E-state index contributed by atoms with van der Waals surface area (Å²) < 4.78 is 0. The van der Waals surface area contributed by atoms with E-state index in [1.165, 1.54) is 16.9 Å². The van der Waals surface area contributed by atoms with E-state index in [1.807, 2.05) is 49.1 Å². The van der Waals surface area contributed by atoms with Crippen LogP contribution < -0.4 is 5.32 Å². The number of nitrogens with zero attached hydrogens (tertiary/aromatic N) is 1. The Labute approximate surface area is 117 Å². The molecule has 2 rings (SSSR count). The summed E-state index contributed by atoms with van der Waals surface area (Å²) in [6.45, 7) is 0.603. The van der Waals surface area contributed by atoms with Crippen LogP contribution in [-0.2, 0) is 0 Å². The van der Waals surface area contributed by atoms with Crippen molar-refractivity contribution in [2.24, 2.45) is 0 Å². The first kappa shape index (κ1) is 13.8. The highest BCUT2D eigenvalue weighted by atomic mass is 32.1. The molecule has 0 spiro atoms. The second kappa shape index (κ2) is 6.50. The second-order valence-corrected chi connectivity index (χ2v) is 5.39. The van der Waals surface area contributed by atoms with Crippen LogP contribution in [0.15, 0.2) is 47.2 Å². The first-order valence-electron chi connectivity index (χ1n) is 6.20. The van der Waals surface area contributed by atoms with Crippen LogP contribution in [0.5, 0.6) is 0 Å². The van der Waals surface area contributed by atoms with Crippen LogP contribution >= 0.6 is 11.3 Å². The molecule has 1 N–H and O–H groups in total. The first-order valence-corrected chi connectivity index (χ1v) is 7.14. The number of rotatable bonds is 5. The van der Waals surface area contributed by atoms with Crippen molar-refractivity contribution in [3.05, 3.63) is 58.3 Å². The van der Waals surface area contributed by atoms with Gasteiger partial charge in [-0.25, -0.2) is 0 Å². The van der Waals surface area contributed by atoms with Gasteiger partial charge in [0.25, 0.3) is 5.91 Å². The molecule has 1 atom stereocenters. The predicted molar refractivity (Wildman–Crippen MR) is 79.5 cm³/mol. The summed E-state index contributed by atoms with van der Waals surface area (Å²) in [4.78, 5) is 14.1. The van der Waals surface area contributed by atoms with E-state index in [0.717, 1.165) is 5.56 Å². The number of amides is 1. The molecule has 1 aromatic carbocycles. The standard InChI is InChI=1S/C15H18N2OS/c1-17(2)14(12-6-4-3-5-7-12)10-16-15(18)13-8-9-19-11-13/h3-9,11,14H,10H2,1-2H3,(H,16,18)/t14-/m0/s1. The Kier molecular flexibility index (Phi) is 4.71. The van der Waals surface area contributed by atoms with Crippen molar-refractivity contribution >= 4 is 17.2 Å². The van der Waals surface area contributed by atoms with Gasteiger partial charge in [0.2, 0.25) is 0 Å². The molecule has 0 fully saturated rings. The Morgan fingerprint density at radius 2 is 2.00 bits per heavy atom. The molecule has 0 radical (unpaired) electrons. The number of likely N-dealkylation sites (N-methyl/N-ethyl adjacent to an activating group) is 1. The number of carbonyl (C=O) groups is 1. The quantitative estimate of drug-likeness (QED) is 0.909. The van der Waals surface area contributed by atoms with E-state index in [1.54, 1.807) is 0 Å². The van der Waals surface area contributed by atoms with Crippen LogP contribution in [0, 0.1) is 0 Å². The number of hydrogen-bond acceptors (Lipinski definition) is 3.